The van der Waals surface area contributed by atoms with E-state index in [4.69, 9.17) is 0 Å². The quantitative estimate of drug-likeness (QED) is 0.804. The van der Waals surface area contributed by atoms with Crippen molar-refractivity contribution in [2.45, 2.75) is 23.4 Å². The summed E-state index contributed by atoms with van der Waals surface area (Å²) in [5.41, 5.74) is 1.50. The number of nitrogens with zero attached hydrogens (tertiary/aromatic N) is 2. The van der Waals surface area contributed by atoms with Crippen LogP contribution in [0.1, 0.15) is 11.1 Å². The average Bonchev–Trinajstić information content (AvgIpc) is 2.40. The van der Waals surface area contributed by atoms with E-state index in [1.165, 1.54) is 24.4 Å². The molecule has 0 unspecified atom stereocenters. The largest absolute Gasteiger partial charge is 0.244 e. The van der Waals surface area contributed by atoms with E-state index in [-0.39, 0.29) is 16.5 Å². The molecular weight excluding hydrogens is 264 g/mol. The Kier molecular flexibility index (Phi) is 3.71. The molecule has 0 aliphatic rings. The van der Waals surface area contributed by atoms with Crippen molar-refractivity contribution in [2.75, 3.05) is 0 Å². The first-order valence-corrected chi connectivity index (χ1v) is 7.08. The van der Waals surface area contributed by atoms with E-state index in [1.54, 1.807) is 18.2 Å². The molecule has 1 aromatic carbocycles. The van der Waals surface area contributed by atoms with Crippen LogP contribution in [0, 0.1) is 11.8 Å². The van der Waals surface area contributed by atoms with E-state index >= 15 is 0 Å². The van der Waals surface area contributed by atoms with Crippen molar-refractivity contribution in [1.29, 1.82) is 0 Å². The van der Waals surface area contributed by atoms with Crippen LogP contribution in [0.4, 0.5) is 0 Å². The molecule has 0 saturated carbocycles. The lowest BCUT2D eigenvalue weighted by Gasteiger charge is -2.05. The van der Waals surface area contributed by atoms with Crippen molar-refractivity contribution in [2.24, 2.45) is 5.18 Å². The van der Waals surface area contributed by atoms with Crippen LogP contribution in [0.25, 0.3) is 0 Å². The highest BCUT2D eigenvalue weighted by Crippen LogP contribution is 2.20. The molecule has 0 bridgehead atoms. The Hall–Kier alpha value is -2.08. The Bertz CT molecular complexity index is 694. The van der Waals surface area contributed by atoms with Crippen LogP contribution in [0.3, 0.4) is 0 Å². The lowest BCUT2D eigenvalue weighted by Crippen LogP contribution is -2.05. The molecular formula is C13H12N2O3S. The smallest absolute Gasteiger partial charge is 0.223 e. The highest BCUT2D eigenvalue weighted by Gasteiger charge is 2.19. The van der Waals surface area contributed by atoms with Crippen molar-refractivity contribution < 1.29 is 8.42 Å². The molecule has 0 fully saturated rings. The van der Waals surface area contributed by atoms with Gasteiger partial charge in [-0.05, 0) is 36.8 Å². The summed E-state index contributed by atoms with van der Waals surface area (Å²) < 4.78 is 24.7. The minimum absolute atomic E-state index is 0.0705. The zero-order chi connectivity index (χ0) is 13.9. The van der Waals surface area contributed by atoms with Crippen molar-refractivity contribution in [3.63, 3.8) is 0 Å². The van der Waals surface area contributed by atoms with Crippen molar-refractivity contribution in [3.05, 3.63) is 58.6 Å². The second kappa shape index (κ2) is 5.27. The maximum absolute atomic E-state index is 12.3. The van der Waals surface area contributed by atoms with Gasteiger partial charge in [-0.3, -0.25) is 0 Å². The summed E-state index contributed by atoms with van der Waals surface area (Å²) in [5, 5.41) is 2.67. The number of pyridine rings is 1. The lowest BCUT2D eigenvalue weighted by atomic mass is 10.2. The van der Waals surface area contributed by atoms with Crippen LogP contribution in [0.2, 0.25) is 0 Å². The van der Waals surface area contributed by atoms with Crippen LogP contribution in [-0.4, -0.2) is 13.4 Å². The molecule has 0 atom stereocenters. The van der Waals surface area contributed by atoms with Crippen LogP contribution in [-0.2, 0) is 16.4 Å². The molecule has 98 valence electrons. The zero-order valence-corrected chi connectivity index (χ0v) is 11.1. The summed E-state index contributed by atoms with van der Waals surface area (Å²) >= 11 is 0. The first-order valence-electron chi connectivity index (χ1n) is 5.60. The molecule has 0 N–H and O–H groups in total. The molecule has 2 aromatic rings. The predicted octanol–water partition coefficient (Wildman–Crippen LogP) is 2.49. The number of aromatic nitrogens is 1. The summed E-state index contributed by atoms with van der Waals surface area (Å²) in [6.45, 7) is 1.81. The molecule has 2 rings (SSSR count). The van der Waals surface area contributed by atoms with Crippen LogP contribution >= 0.6 is 0 Å². The topological polar surface area (TPSA) is 76.5 Å². The molecule has 6 heteroatoms. The van der Waals surface area contributed by atoms with Crippen molar-refractivity contribution in [1.82, 2.24) is 4.98 Å². The molecule has 0 aliphatic heterocycles. The number of benzene rings is 1. The summed E-state index contributed by atoms with van der Waals surface area (Å²) in [7, 11) is -3.65. The van der Waals surface area contributed by atoms with Crippen LogP contribution < -0.4 is 0 Å². The number of sulfone groups is 1. The van der Waals surface area contributed by atoms with Gasteiger partial charge in [0.15, 0.2) is 5.03 Å². The maximum Gasteiger partial charge on any atom is 0.223 e. The van der Waals surface area contributed by atoms with Gasteiger partial charge in [-0.15, -0.1) is 0 Å². The van der Waals surface area contributed by atoms with E-state index in [0.29, 0.717) is 5.56 Å². The fourth-order valence-electron chi connectivity index (χ4n) is 1.61. The predicted molar refractivity (Wildman–Crippen MR) is 70.4 cm³/mol. The lowest BCUT2D eigenvalue weighted by molar-refractivity contribution is 0.592. The molecule has 0 spiro atoms. The summed E-state index contributed by atoms with van der Waals surface area (Å²) in [5.74, 6) is 0. The van der Waals surface area contributed by atoms with E-state index < -0.39 is 9.84 Å². The van der Waals surface area contributed by atoms with E-state index in [0.717, 1.165) is 5.56 Å². The average molecular weight is 276 g/mol. The molecule has 0 saturated heterocycles. The molecule has 0 radical (unpaired) electrons. The molecule has 0 aliphatic carbocycles. The monoisotopic (exact) mass is 276 g/mol. The Morgan fingerprint density at radius 3 is 2.47 bits per heavy atom. The fourth-order valence-corrected chi connectivity index (χ4v) is 2.85. The van der Waals surface area contributed by atoms with E-state index in [2.05, 4.69) is 10.2 Å². The van der Waals surface area contributed by atoms with Gasteiger partial charge in [0.1, 0.15) is 6.54 Å². The molecule has 1 heterocycles. The van der Waals surface area contributed by atoms with Gasteiger partial charge in [-0.2, -0.15) is 4.91 Å². The highest BCUT2D eigenvalue weighted by atomic mass is 32.2. The van der Waals surface area contributed by atoms with Crippen LogP contribution in [0.5, 0.6) is 0 Å². The zero-order valence-electron chi connectivity index (χ0n) is 10.3. The first-order chi connectivity index (χ1) is 9.04. The van der Waals surface area contributed by atoms with Gasteiger partial charge in [0.05, 0.1) is 4.90 Å². The maximum atomic E-state index is 12.3. The summed E-state index contributed by atoms with van der Waals surface area (Å²) in [6.07, 6.45) is 1.36. The molecule has 0 amide bonds. The molecule has 19 heavy (non-hydrogen) atoms. The second-order valence-corrected chi connectivity index (χ2v) is 6.00. The normalized spacial score (nSPS) is 11.2. The minimum atomic E-state index is -3.65. The van der Waals surface area contributed by atoms with Crippen LogP contribution in [0.15, 0.2) is 57.7 Å². The minimum Gasteiger partial charge on any atom is -0.244 e. The van der Waals surface area contributed by atoms with Gasteiger partial charge in [0.2, 0.25) is 9.84 Å². The SMILES string of the molecule is Cc1ccc(S(=O)(=O)c2cc(CN=O)ccn2)cc1. The van der Waals surface area contributed by atoms with Gasteiger partial charge >= 0.3 is 0 Å². The number of hydrogen-bond donors (Lipinski definition) is 0. The number of hydrogen-bond acceptors (Lipinski definition) is 5. The van der Waals surface area contributed by atoms with Gasteiger partial charge in [0.25, 0.3) is 0 Å². The second-order valence-electron chi connectivity index (χ2n) is 4.11. The third-order valence-corrected chi connectivity index (χ3v) is 4.32. The van der Waals surface area contributed by atoms with Crippen molar-refractivity contribution in [3.8, 4) is 0 Å². The van der Waals surface area contributed by atoms with Crippen molar-refractivity contribution >= 4 is 9.84 Å². The number of rotatable bonds is 4. The van der Waals surface area contributed by atoms with Gasteiger partial charge in [-0.1, -0.05) is 22.9 Å². The third-order valence-electron chi connectivity index (χ3n) is 2.65. The summed E-state index contributed by atoms with van der Waals surface area (Å²) in [4.78, 5) is 14.3. The van der Waals surface area contributed by atoms with Gasteiger partial charge < -0.3 is 0 Å². The Balaban J connectivity index is 2.47. The van der Waals surface area contributed by atoms with E-state index in [9.17, 15) is 13.3 Å². The van der Waals surface area contributed by atoms with E-state index in [1.807, 2.05) is 6.92 Å². The molecule has 1 aromatic heterocycles. The molecule has 5 nitrogen and oxygen atoms in total. The Morgan fingerprint density at radius 1 is 1.16 bits per heavy atom. The third kappa shape index (κ3) is 2.85. The Morgan fingerprint density at radius 2 is 1.84 bits per heavy atom. The number of aryl methyl sites for hydroxylation is 1. The Labute approximate surface area is 111 Å². The summed E-state index contributed by atoms with van der Waals surface area (Å²) in [6, 6.07) is 9.47. The standard InChI is InChI=1S/C13H12N2O3S/c1-10-2-4-12(5-3-10)19(17,18)13-8-11(9-15-16)6-7-14-13/h2-8H,9H2,1H3. The van der Waals surface area contributed by atoms with Gasteiger partial charge in [0, 0.05) is 6.20 Å². The highest BCUT2D eigenvalue weighted by molar-refractivity contribution is 7.91. The first kappa shape index (κ1) is 13.4. The fraction of sp³-hybridized carbons (Fsp3) is 0.154. The van der Waals surface area contributed by atoms with Gasteiger partial charge in [-0.25, -0.2) is 13.4 Å². The number of nitroso groups, excluding NO2 is 1.